The fraction of sp³-hybridized carbons (Fsp3) is 0.778. The molecule has 0 spiro atoms. The van der Waals surface area contributed by atoms with Gasteiger partial charge in [-0.3, -0.25) is 9.59 Å². The minimum atomic E-state index is -0.933. The molecule has 2 bridgehead atoms. The van der Waals surface area contributed by atoms with E-state index >= 15 is 0 Å². The monoisotopic (exact) mass is 377 g/mol. The van der Waals surface area contributed by atoms with E-state index in [2.05, 4.69) is 16.7 Å². The Bertz CT molecular complexity index is 668. The number of alkyl carbamates (subject to hydrolysis) is 1. The topological polar surface area (TPSA) is 115 Å². The van der Waals surface area contributed by atoms with Gasteiger partial charge in [-0.2, -0.15) is 5.26 Å². The van der Waals surface area contributed by atoms with Crippen LogP contribution in [-0.2, 0) is 14.3 Å². The average molecular weight is 377 g/mol. The number of carbonyl (C=O) groups is 3. The number of rotatable bonds is 4. The predicted molar refractivity (Wildman–Crippen MR) is 95.4 cm³/mol. The lowest BCUT2D eigenvalue weighted by Gasteiger charge is -2.33. The smallest absolute Gasteiger partial charge is 0.408 e. The molecule has 0 aromatic carbocycles. The Morgan fingerprint density at radius 2 is 2.19 bits per heavy atom. The van der Waals surface area contributed by atoms with Crippen LogP contribution < -0.4 is 10.6 Å². The van der Waals surface area contributed by atoms with Gasteiger partial charge < -0.3 is 25.2 Å². The summed E-state index contributed by atoms with van der Waals surface area (Å²) in [6, 6.07) is 0.544. The van der Waals surface area contributed by atoms with Crippen molar-refractivity contribution in [3.05, 3.63) is 0 Å². The Labute approximate surface area is 159 Å². The average Bonchev–Trinajstić information content (AvgIpc) is 3.28. The van der Waals surface area contributed by atoms with E-state index in [1.54, 1.807) is 25.7 Å². The molecule has 2 N–H and O–H groups in total. The van der Waals surface area contributed by atoms with E-state index in [0.717, 1.165) is 12.8 Å². The lowest BCUT2D eigenvalue weighted by atomic mass is 10.1. The standard InChI is InChI=1S/C18H27N5O4/c1-18(2,3)27-17(26)21-14(16(25)22-6-4-5-11(22)8-19)10-23-12-7-13(15(23)24)20-9-12/h11-14,20H,4-7,9-10H2,1-3H3,(H,21,26)/t11-,12+,13+,14-/m0/s1. The van der Waals surface area contributed by atoms with Crippen LogP contribution in [0, 0.1) is 11.3 Å². The maximum atomic E-state index is 13.1. The zero-order valence-electron chi connectivity index (χ0n) is 16.0. The summed E-state index contributed by atoms with van der Waals surface area (Å²) < 4.78 is 5.29. The third kappa shape index (κ3) is 4.16. The maximum absolute atomic E-state index is 13.1. The molecule has 148 valence electrons. The summed E-state index contributed by atoms with van der Waals surface area (Å²) in [6.45, 7) is 6.48. The second-order valence-corrected chi connectivity index (χ2v) is 8.36. The molecule has 9 nitrogen and oxygen atoms in total. The second kappa shape index (κ2) is 7.35. The summed E-state index contributed by atoms with van der Waals surface area (Å²) in [5.74, 6) is -0.387. The molecule has 3 aliphatic heterocycles. The fourth-order valence-electron chi connectivity index (χ4n) is 3.96. The number of piperazine rings is 1. The largest absolute Gasteiger partial charge is 0.444 e. The van der Waals surface area contributed by atoms with Gasteiger partial charge in [0.25, 0.3) is 0 Å². The number of amides is 3. The molecule has 3 rings (SSSR count). The third-order valence-corrected chi connectivity index (χ3v) is 5.18. The van der Waals surface area contributed by atoms with Gasteiger partial charge in [0, 0.05) is 19.1 Å². The van der Waals surface area contributed by atoms with Crippen LogP contribution in [0.1, 0.15) is 40.0 Å². The molecule has 3 saturated heterocycles. The van der Waals surface area contributed by atoms with E-state index in [0.29, 0.717) is 19.5 Å². The number of nitrogens with zero attached hydrogens (tertiary/aromatic N) is 3. The molecule has 0 aliphatic carbocycles. The first kappa shape index (κ1) is 19.4. The Kier molecular flexibility index (Phi) is 5.29. The van der Waals surface area contributed by atoms with Gasteiger partial charge in [0.05, 0.1) is 18.7 Å². The van der Waals surface area contributed by atoms with E-state index in [4.69, 9.17) is 4.74 Å². The van der Waals surface area contributed by atoms with Crippen molar-refractivity contribution in [1.29, 1.82) is 5.26 Å². The second-order valence-electron chi connectivity index (χ2n) is 8.36. The highest BCUT2D eigenvalue weighted by atomic mass is 16.6. The van der Waals surface area contributed by atoms with Gasteiger partial charge in [0.15, 0.2) is 0 Å². The van der Waals surface area contributed by atoms with E-state index in [9.17, 15) is 19.6 Å². The predicted octanol–water partition coefficient (Wildman–Crippen LogP) is -0.0330. The van der Waals surface area contributed by atoms with Crippen LogP contribution in [-0.4, -0.2) is 77.1 Å². The number of nitrogens with one attached hydrogen (secondary N) is 2. The molecule has 3 aliphatic rings. The summed E-state index contributed by atoms with van der Waals surface area (Å²) in [6.07, 6.45) is 1.39. The highest BCUT2D eigenvalue weighted by Gasteiger charge is 2.46. The number of hydrogen-bond donors (Lipinski definition) is 2. The number of hydrogen-bond acceptors (Lipinski definition) is 6. The lowest BCUT2D eigenvalue weighted by molar-refractivity contribution is -0.137. The van der Waals surface area contributed by atoms with Gasteiger partial charge >= 0.3 is 6.09 Å². The highest BCUT2D eigenvalue weighted by Crippen LogP contribution is 2.25. The van der Waals surface area contributed by atoms with Gasteiger partial charge in [0.1, 0.15) is 17.7 Å². The summed E-state index contributed by atoms with van der Waals surface area (Å²) in [7, 11) is 0. The van der Waals surface area contributed by atoms with E-state index in [1.807, 2.05) is 0 Å². The number of carbonyl (C=O) groups excluding carboxylic acids is 3. The minimum absolute atomic E-state index is 0.0311. The van der Waals surface area contributed by atoms with E-state index in [-0.39, 0.29) is 30.4 Å². The first-order valence-electron chi connectivity index (χ1n) is 9.43. The van der Waals surface area contributed by atoms with Crippen molar-refractivity contribution in [2.75, 3.05) is 19.6 Å². The van der Waals surface area contributed by atoms with Gasteiger partial charge in [-0.25, -0.2) is 4.79 Å². The normalized spacial score (nSPS) is 28.2. The zero-order chi connectivity index (χ0) is 19.8. The highest BCUT2D eigenvalue weighted by molar-refractivity contribution is 5.89. The number of ether oxygens (including phenoxy) is 1. The molecule has 4 atom stereocenters. The van der Waals surface area contributed by atoms with Crippen LogP contribution in [0.25, 0.3) is 0 Å². The van der Waals surface area contributed by atoms with E-state index < -0.39 is 23.8 Å². The van der Waals surface area contributed by atoms with Crippen LogP contribution in [0.3, 0.4) is 0 Å². The molecule has 0 saturated carbocycles. The van der Waals surface area contributed by atoms with Crippen molar-refractivity contribution < 1.29 is 19.1 Å². The molecule has 9 heteroatoms. The van der Waals surface area contributed by atoms with Crippen LogP contribution >= 0.6 is 0 Å². The third-order valence-electron chi connectivity index (χ3n) is 5.18. The Hall–Kier alpha value is -2.34. The first-order chi connectivity index (χ1) is 12.7. The molecule has 3 amide bonds. The molecular formula is C18H27N5O4. The van der Waals surface area contributed by atoms with Crippen molar-refractivity contribution in [3.63, 3.8) is 0 Å². The number of nitriles is 1. The molecule has 27 heavy (non-hydrogen) atoms. The first-order valence-corrected chi connectivity index (χ1v) is 9.43. The summed E-state index contributed by atoms with van der Waals surface area (Å²) in [5.41, 5.74) is -0.701. The Balaban J connectivity index is 1.74. The lowest BCUT2D eigenvalue weighted by Crippen LogP contribution is -2.58. The molecule has 3 heterocycles. The maximum Gasteiger partial charge on any atom is 0.408 e. The number of likely N-dealkylation sites (tertiary alicyclic amines) is 2. The van der Waals surface area contributed by atoms with Crippen molar-refractivity contribution in [1.82, 2.24) is 20.4 Å². The summed E-state index contributed by atoms with van der Waals surface area (Å²) in [5, 5.41) is 15.1. The fourth-order valence-corrected chi connectivity index (χ4v) is 3.96. The molecule has 3 fully saturated rings. The molecule has 0 radical (unpaired) electrons. The van der Waals surface area contributed by atoms with Gasteiger partial charge in [-0.15, -0.1) is 0 Å². The molecule has 0 unspecified atom stereocenters. The zero-order valence-corrected chi connectivity index (χ0v) is 16.0. The van der Waals surface area contributed by atoms with Crippen LogP contribution in [0.4, 0.5) is 4.79 Å². The Morgan fingerprint density at radius 3 is 2.78 bits per heavy atom. The quantitative estimate of drug-likeness (QED) is 0.711. The number of fused-ring (bicyclic) bond motifs is 2. The molecule has 0 aromatic rings. The van der Waals surface area contributed by atoms with Gasteiger partial charge in [0.2, 0.25) is 11.8 Å². The molecule has 0 aromatic heterocycles. The minimum Gasteiger partial charge on any atom is -0.444 e. The summed E-state index contributed by atoms with van der Waals surface area (Å²) >= 11 is 0. The van der Waals surface area contributed by atoms with Crippen molar-refractivity contribution >= 4 is 17.9 Å². The van der Waals surface area contributed by atoms with Crippen LogP contribution in [0.5, 0.6) is 0 Å². The van der Waals surface area contributed by atoms with Crippen molar-refractivity contribution in [2.45, 2.75) is 69.8 Å². The van der Waals surface area contributed by atoms with Crippen molar-refractivity contribution in [2.24, 2.45) is 0 Å². The Morgan fingerprint density at radius 1 is 1.44 bits per heavy atom. The van der Waals surface area contributed by atoms with E-state index in [1.165, 1.54) is 4.90 Å². The SMILES string of the molecule is CC(C)(C)OC(=O)N[C@@H](CN1C(=O)[C@H]2C[C@@H]1CN2)C(=O)N1CCC[C@H]1C#N. The van der Waals surface area contributed by atoms with Crippen LogP contribution in [0.15, 0.2) is 0 Å². The molecular weight excluding hydrogens is 350 g/mol. The van der Waals surface area contributed by atoms with Gasteiger partial charge in [-0.1, -0.05) is 0 Å². The van der Waals surface area contributed by atoms with Gasteiger partial charge in [-0.05, 0) is 40.0 Å². The summed E-state index contributed by atoms with van der Waals surface area (Å²) in [4.78, 5) is 40.9. The van der Waals surface area contributed by atoms with Crippen molar-refractivity contribution in [3.8, 4) is 6.07 Å². The van der Waals surface area contributed by atoms with Crippen LogP contribution in [0.2, 0.25) is 0 Å².